The zero-order valence-electron chi connectivity index (χ0n) is 12.1. The molecule has 0 fully saturated rings. The summed E-state index contributed by atoms with van der Waals surface area (Å²) in [6.07, 6.45) is 2.61. The van der Waals surface area contributed by atoms with Crippen LogP contribution in [0.1, 0.15) is 75.2 Å². The van der Waals surface area contributed by atoms with Gasteiger partial charge in [-0.3, -0.25) is 0 Å². The standard InChI is InChI=1S/2C5H12.C4H10/c2*1-4-5(2)3;1-4(2)3/h2*5H,4H2,1-3H3;4H,1-3H3. The van der Waals surface area contributed by atoms with E-state index in [0.717, 1.165) is 17.8 Å². The van der Waals surface area contributed by atoms with Gasteiger partial charge in [0.15, 0.2) is 0 Å². The normalized spacial score (nSPS) is 9.43. The molecule has 0 aliphatic heterocycles. The van der Waals surface area contributed by atoms with Gasteiger partial charge in [0.2, 0.25) is 0 Å². The zero-order valence-corrected chi connectivity index (χ0v) is 12.1. The van der Waals surface area contributed by atoms with E-state index in [-0.39, 0.29) is 0 Å². The maximum absolute atomic E-state index is 2.22. The second kappa shape index (κ2) is 15.5. The van der Waals surface area contributed by atoms with Gasteiger partial charge in [0.1, 0.15) is 0 Å². The van der Waals surface area contributed by atoms with Crippen molar-refractivity contribution in [1.82, 2.24) is 0 Å². The average Bonchev–Trinajstić information content (AvgIpc) is 2.04. The van der Waals surface area contributed by atoms with Crippen LogP contribution in [-0.2, 0) is 0 Å². The summed E-state index contributed by atoms with van der Waals surface area (Å²) < 4.78 is 0. The van der Waals surface area contributed by atoms with Crippen molar-refractivity contribution in [2.24, 2.45) is 17.8 Å². The van der Waals surface area contributed by atoms with E-state index < -0.39 is 0 Å². The van der Waals surface area contributed by atoms with Crippen molar-refractivity contribution in [1.29, 1.82) is 0 Å². The Bertz CT molecular complexity index is 59.4. The van der Waals surface area contributed by atoms with Crippen LogP contribution in [0.25, 0.3) is 0 Å². The second-order valence-corrected chi connectivity index (χ2v) is 5.34. The first-order valence-corrected chi connectivity index (χ1v) is 6.27. The van der Waals surface area contributed by atoms with Crippen LogP contribution in [0.4, 0.5) is 0 Å². The van der Waals surface area contributed by atoms with Crippen LogP contribution in [0.15, 0.2) is 0 Å². The Kier molecular flexibility index (Phi) is 21.6. The Morgan fingerprint density at radius 2 is 0.643 bits per heavy atom. The van der Waals surface area contributed by atoms with Crippen LogP contribution in [0, 0.1) is 17.8 Å². The SMILES string of the molecule is CC(C)C.CCC(C)C.CCC(C)C. The summed E-state index contributed by atoms with van der Waals surface area (Å²) in [5.41, 5.74) is 0. The molecule has 0 unspecified atom stereocenters. The Balaban J connectivity index is -0.000000131. The minimum atomic E-state index is 0.833. The van der Waals surface area contributed by atoms with E-state index in [4.69, 9.17) is 0 Å². The van der Waals surface area contributed by atoms with Crippen molar-refractivity contribution < 1.29 is 0 Å². The summed E-state index contributed by atoms with van der Waals surface area (Å²) in [6, 6.07) is 0. The minimum absolute atomic E-state index is 0.833. The van der Waals surface area contributed by atoms with Crippen LogP contribution < -0.4 is 0 Å². The molecule has 90 valence electrons. The number of rotatable bonds is 2. The highest BCUT2D eigenvalue weighted by Gasteiger charge is 1.80. The lowest BCUT2D eigenvalue weighted by molar-refractivity contribution is 0.626. The molecule has 0 saturated carbocycles. The molecule has 0 amide bonds. The average molecular weight is 202 g/mol. The summed E-state index contributed by atoms with van der Waals surface area (Å²) in [4.78, 5) is 0. The fraction of sp³-hybridized carbons (Fsp3) is 1.00. The minimum Gasteiger partial charge on any atom is -0.0651 e. The predicted octanol–water partition coefficient (Wildman–Crippen LogP) is 5.77. The molecule has 0 bridgehead atoms. The molecule has 14 heavy (non-hydrogen) atoms. The van der Waals surface area contributed by atoms with Gasteiger partial charge in [0, 0.05) is 0 Å². The van der Waals surface area contributed by atoms with Crippen molar-refractivity contribution in [2.45, 2.75) is 75.2 Å². The van der Waals surface area contributed by atoms with Crippen LogP contribution in [-0.4, -0.2) is 0 Å². The second-order valence-electron chi connectivity index (χ2n) is 5.34. The molecule has 0 aromatic heterocycles. The van der Waals surface area contributed by atoms with Gasteiger partial charge < -0.3 is 0 Å². The Hall–Kier alpha value is 0. The molecular weight excluding hydrogens is 168 g/mol. The molecule has 0 aliphatic carbocycles. The smallest absolute Gasteiger partial charge is 0.0474 e. The number of hydrogen-bond donors (Lipinski definition) is 0. The van der Waals surface area contributed by atoms with E-state index in [0.29, 0.717) is 0 Å². The van der Waals surface area contributed by atoms with Gasteiger partial charge in [0.05, 0.1) is 0 Å². The topological polar surface area (TPSA) is 0 Å². The van der Waals surface area contributed by atoms with E-state index in [1.165, 1.54) is 12.8 Å². The lowest BCUT2D eigenvalue weighted by atomic mass is 10.2. The first-order valence-electron chi connectivity index (χ1n) is 6.27. The molecule has 0 radical (unpaired) electrons. The third-order valence-electron chi connectivity index (χ3n) is 1.63. The van der Waals surface area contributed by atoms with Crippen molar-refractivity contribution >= 4 is 0 Å². The molecule has 0 N–H and O–H groups in total. The Morgan fingerprint density at radius 3 is 0.643 bits per heavy atom. The highest BCUT2D eigenvalue weighted by molar-refractivity contribution is 4.33. The molecule has 0 rings (SSSR count). The fourth-order valence-corrected chi connectivity index (χ4v) is 0. The summed E-state index contributed by atoms with van der Waals surface area (Å²) in [5, 5.41) is 0. The van der Waals surface area contributed by atoms with E-state index >= 15 is 0 Å². The Labute approximate surface area is 93.5 Å². The summed E-state index contributed by atoms with van der Waals surface area (Å²) in [6.45, 7) is 19.8. The molecule has 0 spiro atoms. The zero-order chi connectivity index (χ0) is 12.1. The van der Waals surface area contributed by atoms with E-state index in [1.54, 1.807) is 0 Å². The van der Waals surface area contributed by atoms with E-state index in [9.17, 15) is 0 Å². The molecule has 0 aromatic rings. The van der Waals surface area contributed by atoms with Gasteiger partial charge in [0.25, 0.3) is 0 Å². The van der Waals surface area contributed by atoms with E-state index in [2.05, 4.69) is 62.3 Å². The highest BCUT2D eigenvalue weighted by atomic mass is 13.9. The van der Waals surface area contributed by atoms with Gasteiger partial charge >= 0.3 is 0 Å². The molecule has 0 aromatic carbocycles. The van der Waals surface area contributed by atoms with Gasteiger partial charge in [-0.1, -0.05) is 75.2 Å². The summed E-state index contributed by atoms with van der Waals surface area (Å²) in [5.74, 6) is 2.60. The lowest BCUT2D eigenvalue weighted by Gasteiger charge is -1.90. The third kappa shape index (κ3) is 90.8. The van der Waals surface area contributed by atoms with Crippen LogP contribution in [0.2, 0.25) is 0 Å². The molecule has 0 saturated heterocycles. The summed E-state index contributed by atoms with van der Waals surface area (Å²) in [7, 11) is 0. The molecule has 0 nitrogen and oxygen atoms in total. The predicted molar refractivity (Wildman–Crippen MR) is 70.8 cm³/mol. The van der Waals surface area contributed by atoms with Crippen LogP contribution >= 0.6 is 0 Å². The van der Waals surface area contributed by atoms with Crippen molar-refractivity contribution in [2.75, 3.05) is 0 Å². The third-order valence-corrected chi connectivity index (χ3v) is 1.63. The van der Waals surface area contributed by atoms with Crippen LogP contribution in [0.5, 0.6) is 0 Å². The largest absolute Gasteiger partial charge is 0.0651 e. The maximum atomic E-state index is 2.22. The molecule has 0 heteroatoms. The first-order chi connectivity index (χ1) is 6.27. The quantitative estimate of drug-likeness (QED) is 0.533. The molecule has 0 heterocycles. The van der Waals surface area contributed by atoms with Gasteiger partial charge in [-0.2, -0.15) is 0 Å². The van der Waals surface area contributed by atoms with Crippen LogP contribution in [0.3, 0.4) is 0 Å². The fourth-order valence-electron chi connectivity index (χ4n) is 0. The number of hydrogen-bond acceptors (Lipinski definition) is 0. The first kappa shape index (κ1) is 19.6. The van der Waals surface area contributed by atoms with Crippen molar-refractivity contribution in [3.8, 4) is 0 Å². The highest BCUT2D eigenvalue weighted by Crippen LogP contribution is 1.94. The molecule has 0 atom stereocenters. The van der Waals surface area contributed by atoms with Crippen molar-refractivity contribution in [3.63, 3.8) is 0 Å². The van der Waals surface area contributed by atoms with Gasteiger partial charge in [-0.15, -0.1) is 0 Å². The van der Waals surface area contributed by atoms with Gasteiger partial charge in [-0.25, -0.2) is 0 Å². The molecule has 0 aliphatic rings. The van der Waals surface area contributed by atoms with Crippen molar-refractivity contribution in [3.05, 3.63) is 0 Å². The lowest BCUT2D eigenvalue weighted by Crippen LogP contribution is -1.77. The maximum Gasteiger partial charge on any atom is -0.0474 e. The summed E-state index contributed by atoms with van der Waals surface area (Å²) >= 11 is 0. The van der Waals surface area contributed by atoms with E-state index in [1.807, 2.05) is 0 Å². The Morgan fingerprint density at radius 1 is 0.571 bits per heavy atom. The van der Waals surface area contributed by atoms with Gasteiger partial charge in [-0.05, 0) is 17.8 Å². The molecular formula is C14H34. The monoisotopic (exact) mass is 202 g/mol.